The van der Waals surface area contributed by atoms with Gasteiger partial charge in [0.15, 0.2) is 5.82 Å². The lowest BCUT2D eigenvalue weighted by molar-refractivity contribution is 0.183. The smallest absolute Gasteiger partial charge is 0.203 e. The summed E-state index contributed by atoms with van der Waals surface area (Å²) in [5.74, 6) is 1.29. The molecule has 0 amide bonds. The number of hydrogen-bond acceptors (Lipinski definition) is 6. The highest BCUT2D eigenvalue weighted by Crippen LogP contribution is 2.19. The summed E-state index contributed by atoms with van der Waals surface area (Å²) in [6.45, 7) is 2.55. The lowest BCUT2D eigenvalue weighted by Crippen LogP contribution is -2.16. The Morgan fingerprint density at radius 2 is 2.16 bits per heavy atom. The Balaban J connectivity index is 1.32. The summed E-state index contributed by atoms with van der Waals surface area (Å²) in [5.41, 5.74) is 3.10. The summed E-state index contributed by atoms with van der Waals surface area (Å²) in [5, 5.41) is 13.3. The lowest BCUT2D eigenvalue weighted by atomic mass is 10.1. The SMILES string of the molecule is Cn1cc(-n2ccc(=O)c(Cc3cccc(-c4ncn(CCC5CCOC5)n4)c3)n2)cn1. The molecule has 3 aromatic heterocycles. The van der Waals surface area contributed by atoms with Gasteiger partial charge in [-0.3, -0.25) is 14.2 Å². The van der Waals surface area contributed by atoms with Gasteiger partial charge in [0.2, 0.25) is 5.43 Å². The fourth-order valence-electron chi connectivity index (χ4n) is 3.91. The molecule has 1 aromatic carbocycles. The zero-order valence-electron chi connectivity index (χ0n) is 18.0. The van der Waals surface area contributed by atoms with Crippen LogP contribution in [-0.2, 0) is 24.8 Å². The number of hydrogen-bond donors (Lipinski definition) is 0. The fourth-order valence-corrected chi connectivity index (χ4v) is 3.91. The van der Waals surface area contributed by atoms with Crippen molar-refractivity contribution in [2.45, 2.75) is 25.8 Å². The Kier molecular flexibility index (Phi) is 5.64. The molecular weight excluding hydrogens is 406 g/mol. The Hall–Kier alpha value is -3.59. The largest absolute Gasteiger partial charge is 0.381 e. The van der Waals surface area contributed by atoms with E-state index in [2.05, 4.69) is 20.3 Å². The molecule has 0 bridgehead atoms. The number of rotatable bonds is 7. The van der Waals surface area contributed by atoms with Gasteiger partial charge in [-0.2, -0.15) is 15.3 Å². The van der Waals surface area contributed by atoms with Crippen LogP contribution in [0.25, 0.3) is 17.1 Å². The van der Waals surface area contributed by atoms with Gasteiger partial charge in [0.1, 0.15) is 17.7 Å². The molecule has 0 N–H and O–H groups in total. The predicted octanol–water partition coefficient (Wildman–Crippen LogP) is 2.24. The van der Waals surface area contributed by atoms with Crippen LogP contribution in [0.5, 0.6) is 0 Å². The van der Waals surface area contributed by atoms with Crippen LogP contribution in [0.1, 0.15) is 24.1 Å². The summed E-state index contributed by atoms with van der Waals surface area (Å²) in [6.07, 6.45) is 9.60. The minimum absolute atomic E-state index is 0.0890. The van der Waals surface area contributed by atoms with Gasteiger partial charge in [0, 0.05) is 51.1 Å². The van der Waals surface area contributed by atoms with Gasteiger partial charge < -0.3 is 4.74 Å². The molecule has 4 aromatic rings. The van der Waals surface area contributed by atoms with E-state index in [1.165, 1.54) is 6.07 Å². The molecule has 0 saturated carbocycles. The number of ether oxygens (including phenoxy) is 1. The molecule has 0 aliphatic carbocycles. The molecule has 0 spiro atoms. The van der Waals surface area contributed by atoms with Crippen molar-refractivity contribution in [2.24, 2.45) is 13.0 Å². The van der Waals surface area contributed by atoms with Gasteiger partial charge in [0.25, 0.3) is 0 Å². The van der Waals surface area contributed by atoms with E-state index in [1.54, 1.807) is 28.1 Å². The van der Waals surface area contributed by atoms with E-state index in [9.17, 15) is 4.79 Å². The van der Waals surface area contributed by atoms with Crippen LogP contribution in [0.3, 0.4) is 0 Å². The van der Waals surface area contributed by atoms with Crippen LogP contribution in [0, 0.1) is 5.92 Å². The van der Waals surface area contributed by atoms with E-state index >= 15 is 0 Å². The molecule has 0 radical (unpaired) electrons. The molecule has 9 heteroatoms. The van der Waals surface area contributed by atoms with E-state index in [-0.39, 0.29) is 5.43 Å². The van der Waals surface area contributed by atoms with Crippen molar-refractivity contribution in [2.75, 3.05) is 13.2 Å². The molecule has 1 unspecified atom stereocenters. The normalized spacial score (nSPS) is 16.0. The molecule has 4 heterocycles. The minimum atomic E-state index is -0.0890. The molecule has 5 rings (SSSR count). The highest BCUT2D eigenvalue weighted by atomic mass is 16.5. The van der Waals surface area contributed by atoms with Crippen LogP contribution in [0.4, 0.5) is 0 Å². The second-order valence-electron chi connectivity index (χ2n) is 8.17. The molecule has 164 valence electrons. The van der Waals surface area contributed by atoms with E-state index in [1.807, 2.05) is 42.2 Å². The first-order valence-corrected chi connectivity index (χ1v) is 10.8. The zero-order valence-corrected chi connectivity index (χ0v) is 18.0. The van der Waals surface area contributed by atoms with Crippen molar-refractivity contribution in [3.63, 3.8) is 0 Å². The molecule has 1 aliphatic heterocycles. The van der Waals surface area contributed by atoms with Crippen molar-refractivity contribution in [3.8, 4) is 17.1 Å². The quantitative estimate of drug-likeness (QED) is 0.446. The van der Waals surface area contributed by atoms with E-state index in [4.69, 9.17) is 4.74 Å². The number of aromatic nitrogens is 7. The van der Waals surface area contributed by atoms with Crippen molar-refractivity contribution in [1.29, 1.82) is 0 Å². The number of aryl methyl sites for hydroxylation is 2. The fraction of sp³-hybridized carbons (Fsp3) is 0.348. The van der Waals surface area contributed by atoms with Gasteiger partial charge in [-0.15, -0.1) is 0 Å². The third-order valence-corrected chi connectivity index (χ3v) is 5.72. The van der Waals surface area contributed by atoms with Crippen LogP contribution < -0.4 is 5.43 Å². The van der Waals surface area contributed by atoms with Crippen LogP contribution in [-0.4, -0.2) is 47.5 Å². The predicted molar refractivity (Wildman–Crippen MR) is 118 cm³/mol. The molecule has 1 aliphatic rings. The third-order valence-electron chi connectivity index (χ3n) is 5.72. The molecule has 32 heavy (non-hydrogen) atoms. The molecule has 1 fully saturated rings. The van der Waals surface area contributed by atoms with E-state index in [0.717, 1.165) is 49.4 Å². The highest BCUT2D eigenvalue weighted by Gasteiger charge is 2.16. The first-order valence-electron chi connectivity index (χ1n) is 10.8. The highest BCUT2D eigenvalue weighted by molar-refractivity contribution is 5.55. The minimum Gasteiger partial charge on any atom is -0.381 e. The summed E-state index contributed by atoms with van der Waals surface area (Å²) < 4.78 is 10.7. The lowest BCUT2D eigenvalue weighted by Gasteiger charge is -2.07. The van der Waals surface area contributed by atoms with Gasteiger partial charge in [-0.05, 0) is 30.4 Å². The summed E-state index contributed by atoms with van der Waals surface area (Å²) in [7, 11) is 1.84. The summed E-state index contributed by atoms with van der Waals surface area (Å²) in [6, 6.07) is 9.50. The van der Waals surface area contributed by atoms with Crippen LogP contribution in [0.15, 0.2) is 60.0 Å². The van der Waals surface area contributed by atoms with Crippen molar-refractivity contribution < 1.29 is 4.74 Å². The first kappa shape index (κ1) is 20.3. The van der Waals surface area contributed by atoms with Gasteiger partial charge in [-0.1, -0.05) is 18.2 Å². The van der Waals surface area contributed by atoms with E-state index < -0.39 is 0 Å². The summed E-state index contributed by atoms with van der Waals surface area (Å²) in [4.78, 5) is 16.9. The third kappa shape index (κ3) is 4.52. The average Bonchev–Trinajstić information content (AvgIpc) is 3.56. The molecule has 9 nitrogen and oxygen atoms in total. The van der Waals surface area contributed by atoms with Crippen LogP contribution >= 0.6 is 0 Å². The standard InChI is InChI=1S/C23H25N7O2/c1-28-14-20(13-25-28)30-9-6-22(31)21(26-30)12-18-3-2-4-19(11-18)23-24-16-29(27-23)8-5-17-7-10-32-15-17/h2-4,6,9,11,13-14,16-17H,5,7-8,10,12,15H2,1H3. The maximum atomic E-state index is 12.4. The Morgan fingerprint density at radius 3 is 2.97 bits per heavy atom. The average molecular weight is 432 g/mol. The van der Waals surface area contributed by atoms with Gasteiger partial charge in [-0.25, -0.2) is 9.67 Å². The Morgan fingerprint density at radius 1 is 1.22 bits per heavy atom. The van der Waals surface area contributed by atoms with Crippen molar-refractivity contribution in [3.05, 3.63) is 76.7 Å². The maximum absolute atomic E-state index is 12.4. The van der Waals surface area contributed by atoms with Gasteiger partial charge >= 0.3 is 0 Å². The molecule has 1 atom stereocenters. The zero-order chi connectivity index (χ0) is 21.9. The molecular formula is C23H25N7O2. The van der Waals surface area contributed by atoms with E-state index in [0.29, 0.717) is 23.9 Å². The first-order chi connectivity index (χ1) is 15.6. The van der Waals surface area contributed by atoms with Gasteiger partial charge in [0.05, 0.1) is 12.4 Å². The maximum Gasteiger partial charge on any atom is 0.203 e. The Bertz CT molecular complexity index is 1270. The monoisotopic (exact) mass is 431 g/mol. The second kappa shape index (κ2) is 8.88. The van der Waals surface area contributed by atoms with Crippen molar-refractivity contribution in [1.82, 2.24) is 34.3 Å². The Labute approximate surface area is 185 Å². The molecule has 1 saturated heterocycles. The number of nitrogens with zero attached hydrogens (tertiary/aromatic N) is 7. The van der Waals surface area contributed by atoms with Crippen LogP contribution in [0.2, 0.25) is 0 Å². The summed E-state index contributed by atoms with van der Waals surface area (Å²) >= 11 is 0. The topological polar surface area (TPSA) is 92.7 Å². The van der Waals surface area contributed by atoms with Crippen molar-refractivity contribution >= 4 is 0 Å². The number of benzene rings is 1. The second-order valence-corrected chi connectivity index (χ2v) is 8.17.